The second-order valence-corrected chi connectivity index (χ2v) is 4.15. The number of ether oxygens (including phenoxy) is 1. The minimum Gasteiger partial charge on any atom is -0.480 e. The number of halogens is 2. The van der Waals surface area contributed by atoms with Crippen molar-refractivity contribution in [1.82, 2.24) is 4.90 Å². The Balaban J connectivity index is 2.90. The highest BCUT2D eigenvalue weighted by atomic mass is 35.5. The van der Waals surface area contributed by atoms with Gasteiger partial charge in [0.2, 0.25) is 0 Å². The molecule has 0 atom stereocenters. The summed E-state index contributed by atoms with van der Waals surface area (Å²) < 4.78 is 18.1. The van der Waals surface area contributed by atoms with Crippen LogP contribution in [0.15, 0.2) is 18.2 Å². The number of rotatable bonds is 6. The molecule has 0 unspecified atom stereocenters. The number of carbonyl (C=O) groups excluding carboxylic acids is 1. The Bertz CT molecular complexity index is 481. The topological polar surface area (TPSA) is 66.8 Å². The van der Waals surface area contributed by atoms with Gasteiger partial charge in [-0.05, 0) is 18.2 Å². The highest BCUT2D eigenvalue weighted by Crippen LogP contribution is 2.16. The molecule has 5 nitrogen and oxygen atoms in total. The zero-order valence-corrected chi connectivity index (χ0v) is 11.0. The van der Waals surface area contributed by atoms with E-state index in [1.54, 1.807) is 0 Å². The van der Waals surface area contributed by atoms with Gasteiger partial charge < -0.3 is 14.7 Å². The van der Waals surface area contributed by atoms with Crippen molar-refractivity contribution >= 4 is 23.5 Å². The summed E-state index contributed by atoms with van der Waals surface area (Å²) in [5, 5.41) is 8.65. The lowest BCUT2D eigenvalue weighted by Crippen LogP contribution is -2.38. The number of aliphatic carboxylic acids is 1. The van der Waals surface area contributed by atoms with Crippen molar-refractivity contribution in [2.24, 2.45) is 0 Å². The lowest BCUT2D eigenvalue weighted by atomic mass is 10.2. The highest BCUT2D eigenvalue weighted by molar-refractivity contribution is 6.30. The maximum Gasteiger partial charge on any atom is 0.323 e. The Morgan fingerprint density at radius 3 is 2.68 bits per heavy atom. The molecule has 1 amide bonds. The monoisotopic (exact) mass is 289 g/mol. The molecular weight excluding hydrogens is 277 g/mol. The minimum atomic E-state index is -1.15. The molecule has 1 aromatic rings. The zero-order chi connectivity index (χ0) is 14.4. The van der Waals surface area contributed by atoms with Crippen molar-refractivity contribution in [2.45, 2.75) is 0 Å². The SMILES string of the molecule is COCCN(CC(=O)O)C(=O)c1ccc(Cl)c(F)c1. The molecular formula is C12H13ClFNO4. The summed E-state index contributed by atoms with van der Waals surface area (Å²) in [4.78, 5) is 23.8. The molecule has 1 rings (SSSR count). The summed E-state index contributed by atoms with van der Waals surface area (Å²) in [6.45, 7) is -0.187. The Labute approximate surface area is 114 Å². The number of methoxy groups -OCH3 is 1. The Hall–Kier alpha value is -1.66. The van der Waals surface area contributed by atoms with Crippen LogP contribution in [0.2, 0.25) is 5.02 Å². The summed E-state index contributed by atoms with van der Waals surface area (Å²) in [5.74, 6) is -2.47. The fourth-order valence-electron chi connectivity index (χ4n) is 1.43. The lowest BCUT2D eigenvalue weighted by molar-refractivity contribution is -0.137. The van der Waals surface area contributed by atoms with Crippen LogP contribution in [0, 0.1) is 5.82 Å². The van der Waals surface area contributed by atoms with Gasteiger partial charge in [-0.3, -0.25) is 9.59 Å². The molecule has 0 radical (unpaired) electrons. The quantitative estimate of drug-likeness (QED) is 0.865. The van der Waals surface area contributed by atoms with Gasteiger partial charge in [-0.15, -0.1) is 0 Å². The molecule has 0 bridgehead atoms. The fraction of sp³-hybridized carbons (Fsp3) is 0.333. The van der Waals surface area contributed by atoms with Crippen molar-refractivity contribution in [1.29, 1.82) is 0 Å². The summed E-state index contributed by atoms with van der Waals surface area (Å²) in [5.41, 5.74) is 0.0410. The number of carboxylic acids is 1. The number of hydrogen-bond acceptors (Lipinski definition) is 3. The smallest absolute Gasteiger partial charge is 0.323 e. The third-order valence-electron chi connectivity index (χ3n) is 2.35. The first-order valence-electron chi connectivity index (χ1n) is 5.40. The van der Waals surface area contributed by atoms with E-state index in [-0.39, 0.29) is 23.7 Å². The summed E-state index contributed by atoms with van der Waals surface area (Å²) in [6, 6.07) is 3.57. The Morgan fingerprint density at radius 2 is 2.16 bits per heavy atom. The number of nitrogens with zero attached hydrogens (tertiary/aromatic N) is 1. The molecule has 1 aromatic carbocycles. The normalized spacial score (nSPS) is 10.3. The molecule has 0 saturated heterocycles. The first-order valence-corrected chi connectivity index (χ1v) is 5.78. The predicted molar refractivity (Wildman–Crippen MR) is 66.8 cm³/mol. The molecule has 104 valence electrons. The van der Waals surface area contributed by atoms with Crippen LogP contribution in [-0.4, -0.2) is 48.7 Å². The molecule has 0 fully saturated rings. The molecule has 0 aromatic heterocycles. The summed E-state index contributed by atoms with van der Waals surface area (Å²) >= 11 is 5.52. The van der Waals surface area contributed by atoms with E-state index in [1.807, 2.05) is 0 Å². The molecule has 0 saturated carbocycles. The number of carbonyl (C=O) groups is 2. The molecule has 0 spiro atoms. The van der Waals surface area contributed by atoms with Crippen LogP contribution in [-0.2, 0) is 9.53 Å². The van der Waals surface area contributed by atoms with Gasteiger partial charge in [-0.2, -0.15) is 0 Å². The highest BCUT2D eigenvalue weighted by Gasteiger charge is 2.19. The van der Waals surface area contributed by atoms with Gasteiger partial charge in [0.05, 0.1) is 11.6 Å². The number of carboxylic acid groups (broad SMARTS) is 1. The number of benzene rings is 1. The number of amides is 1. The fourth-order valence-corrected chi connectivity index (χ4v) is 1.55. The van der Waals surface area contributed by atoms with Crippen LogP contribution < -0.4 is 0 Å². The zero-order valence-electron chi connectivity index (χ0n) is 10.2. The maximum absolute atomic E-state index is 13.3. The average Bonchev–Trinajstić information content (AvgIpc) is 2.36. The van der Waals surface area contributed by atoms with E-state index in [1.165, 1.54) is 19.2 Å². The van der Waals surface area contributed by atoms with Crippen LogP contribution in [0.4, 0.5) is 4.39 Å². The predicted octanol–water partition coefficient (Wildman–Crippen LogP) is 1.65. The second-order valence-electron chi connectivity index (χ2n) is 3.74. The number of hydrogen-bond donors (Lipinski definition) is 1. The van der Waals surface area contributed by atoms with Crippen LogP contribution >= 0.6 is 11.6 Å². The van der Waals surface area contributed by atoms with E-state index in [0.717, 1.165) is 11.0 Å². The largest absolute Gasteiger partial charge is 0.480 e. The van der Waals surface area contributed by atoms with Crippen LogP contribution in [0.3, 0.4) is 0 Å². The van der Waals surface area contributed by atoms with Crippen molar-refractivity contribution < 1.29 is 23.8 Å². The standard InChI is InChI=1S/C12H13ClFNO4/c1-19-5-4-15(7-11(16)17)12(18)8-2-3-9(13)10(14)6-8/h2-3,6H,4-5,7H2,1H3,(H,16,17). The molecule has 0 aliphatic rings. The second kappa shape index (κ2) is 7.06. The van der Waals surface area contributed by atoms with Crippen LogP contribution in [0.1, 0.15) is 10.4 Å². The molecule has 19 heavy (non-hydrogen) atoms. The molecule has 0 aliphatic carbocycles. The van der Waals surface area contributed by atoms with Gasteiger partial charge in [0.15, 0.2) is 0 Å². The van der Waals surface area contributed by atoms with Gasteiger partial charge >= 0.3 is 5.97 Å². The van der Waals surface area contributed by atoms with E-state index in [2.05, 4.69) is 0 Å². The van der Waals surface area contributed by atoms with E-state index in [9.17, 15) is 14.0 Å². The molecule has 0 aliphatic heterocycles. The Kier molecular flexibility index (Phi) is 5.72. The maximum atomic E-state index is 13.3. The third kappa shape index (κ3) is 4.50. The van der Waals surface area contributed by atoms with Crippen LogP contribution in [0.5, 0.6) is 0 Å². The van der Waals surface area contributed by atoms with E-state index in [0.29, 0.717) is 0 Å². The van der Waals surface area contributed by atoms with Crippen molar-refractivity contribution in [3.63, 3.8) is 0 Å². The first-order chi connectivity index (χ1) is 8.95. The van der Waals surface area contributed by atoms with Gasteiger partial charge in [0, 0.05) is 19.2 Å². The minimum absolute atomic E-state index is 0.0410. The van der Waals surface area contributed by atoms with Gasteiger partial charge in [-0.1, -0.05) is 11.6 Å². The van der Waals surface area contributed by atoms with E-state index < -0.39 is 24.2 Å². The Morgan fingerprint density at radius 1 is 1.47 bits per heavy atom. The van der Waals surface area contributed by atoms with Crippen LogP contribution in [0.25, 0.3) is 0 Å². The lowest BCUT2D eigenvalue weighted by Gasteiger charge is -2.20. The van der Waals surface area contributed by atoms with E-state index in [4.69, 9.17) is 21.4 Å². The third-order valence-corrected chi connectivity index (χ3v) is 2.65. The summed E-state index contributed by atoms with van der Waals surface area (Å²) in [6.07, 6.45) is 0. The van der Waals surface area contributed by atoms with E-state index >= 15 is 0 Å². The molecule has 0 heterocycles. The van der Waals surface area contributed by atoms with Gasteiger partial charge in [0.1, 0.15) is 12.4 Å². The van der Waals surface area contributed by atoms with Crippen molar-refractivity contribution in [3.8, 4) is 0 Å². The van der Waals surface area contributed by atoms with Gasteiger partial charge in [-0.25, -0.2) is 4.39 Å². The molecule has 1 N–H and O–H groups in total. The molecule has 7 heteroatoms. The van der Waals surface area contributed by atoms with Gasteiger partial charge in [0.25, 0.3) is 5.91 Å². The first kappa shape index (κ1) is 15.4. The summed E-state index contributed by atoms with van der Waals surface area (Å²) in [7, 11) is 1.44. The van der Waals surface area contributed by atoms with Crippen molar-refractivity contribution in [2.75, 3.05) is 26.8 Å². The average molecular weight is 290 g/mol. The van der Waals surface area contributed by atoms with Crippen molar-refractivity contribution in [3.05, 3.63) is 34.6 Å².